The fraction of sp³-hybridized carbons (Fsp3) is 0.433. The van der Waals surface area contributed by atoms with Crippen molar-refractivity contribution < 1.29 is 14.4 Å². The van der Waals surface area contributed by atoms with Gasteiger partial charge in [0.15, 0.2) is 0 Å². The summed E-state index contributed by atoms with van der Waals surface area (Å²) in [5, 5.41) is 7.02. The summed E-state index contributed by atoms with van der Waals surface area (Å²) < 4.78 is 0. The number of amides is 3. The van der Waals surface area contributed by atoms with Crippen LogP contribution in [0.25, 0.3) is 10.9 Å². The van der Waals surface area contributed by atoms with Crippen molar-refractivity contribution >= 4 is 28.6 Å². The van der Waals surface area contributed by atoms with Gasteiger partial charge in [0, 0.05) is 29.4 Å². The molecule has 7 heteroatoms. The van der Waals surface area contributed by atoms with Gasteiger partial charge >= 0.3 is 0 Å². The number of fused-ring (bicyclic) bond motifs is 3. The first kappa shape index (κ1) is 26.5. The molecule has 196 valence electrons. The Hall–Kier alpha value is -3.61. The molecule has 0 aliphatic heterocycles. The second kappa shape index (κ2) is 11.6. The van der Waals surface area contributed by atoms with Crippen molar-refractivity contribution in [1.82, 2.24) is 15.6 Å². The average Bonchev–Trinajstić information content (AvgIpc) is 3.24. The van der Waals surface area contributed by atoms with E-state index < -0.39 is 17.5 Å². The predicted molar refractivity (Wildman–Crippen MR) is 146 cm³/mol. The number of carbonyl (C=O) groups excluding carboxylic acids is 3. The minimum atomic E-state index is -1.14. The van der Waals surface area contributed by atoms with Gasteiger partial charge in [-0.2, -0.15) is 0 Å². The van der Waals surface area contributed by atoms with Crippen LogP contribution in [-0.4, -0.2) is 34.3 Å². The van der Waals surface area contributed by atoms with Gasteiger partial charge in [0.05, 0.1) is 0 Å². The van der Waals surface area contributed by atoms with E-state index in [4.69, 9.17) is 5.73 Å². The summed E-state index contributed by atoms with van der Waals surface area (Å²) in [6.45, 7) is 3.68. The highest BCUT2D eigenvalue weighted by molar-refractivity contribution is 5.96. The summed E-state index contributed by atoms with van der Waals surface area (Å²) >= 11 is 0. The van der Waals surface area contributed by atoms with E-state index in [2.05, 4.69) is 27.8 Å². The van der Waals surface area contributed by atoms with E-state index in [1.165, 1.54) is 5.56 Å². The highest BCUT2D eigenvalue weighted by Gasteiger charge is 2.45. The summed E-state index contributed by atoms with van der Waals surface area (Å²) in [7, 11) is 0. The molecule has 1 heterocycles. The van der Waals surface area contributed by atoms with Crippen molar-refractivity contribution in [3.8, 4) is 0 Å². The predicted octanol–water partition coefficient (Wildman–Crippen LogP) is 3.94. The van der Waals surface area contributed by atoms with Gasteiger partial charge in [-0.3, -0.25) is 14.4 Å². The molecule has 7 nitrogen and oxygen atoms in total. The van der Waals surface area contributed by atoms with Crippen LogP contribution < -0.4 is 16.4 Å². The monoisotopic (exact) mass is 502 g/mol. The third kappa shape index (κ3) is 6.21. The van der Waals surface area contributed by atoms with Gasteiger partial charge in [0.25, 0.3) is 0 Å². The Labute approximate surface area is 218 Å². The molecule has 1 aliphatic rings. The van der Waals surface area contributed by atoms with Crippen LogP contribution in [0, 0.1) is 5.92 Å². The van der Waals surface area contributed by atoms with Gasteiger partial charge in [0.2, 0.25) is 17.7 Å². The van der Waals surface area contributed by atoms with Crippen LogP contribution in [0.5, 0.6) is 0 Å². The third-order valence-electron chi connectivity index (χ3n) is 7.47. The lowest BCUT2D eigenvalue weighted by Crippen LogP contribution is -2.64. The largest absolute Gasteiger partial charge is 0.368 e. The number of rotatable bonds is 11. The quantitative estimate of drug-likeness (QED) is 0.298. The molecular weight excluding hydrogens is 464 g/mol. The Morgan fingerprint density at radius 2 is 1.73 bits per heavy atom. The minimum absolute atomic E-state index is 0.140. The summed E-state index contributed by atoms with van der Waals surface area (Å²) in [4.78, 5) is 42.4. The molecule has 37 heavy (non-hydrogen) atoms. The van der Waals surface area contributed by atoms with Crippen LogP contribution in [0.3, 0.4) is 0 Å². The number of aromatic nitrogens is 1. The number of nitrogens with one attached hydrogen (secondary N) is 3. The molecule has 2 atom stereocenters. The molecule has 0 spiro atoms. The van der Waals surface area contributed by atoms with Crippen LogP contribution >= 0.6 is 0 Å². The zero-order valence-corrected chi connectivity index (χ0v) is 21.8. The zero-order valence-electron chi connectivity index (χ0n) is 21.8. The Bertz CT molecular complexity index is 1250. The Kier molecular flexibility index (Phi) is 8.31. The number of para-hydroxylation sites is 1. The lowest BCUT2D eigenvalue weighted by Gasteiger charge is -2.38. The standard InChI is InChI=1S/C30H38N4O3/c1-20(2)27(28(31)36)33-29(37)30(18-17-25-23(19-30)22-14-9-10-15-24(22)32-25)34-26(35)16-8-4-7-13-21-11-5-3-6-12-21/h3,5-6,9-12,14-15,20,27,32H,4,7-8,13,16-19H2,1-2H3,(H2,31,36)(H,33,37)(H,34,35)/t27-,30-/m0/s1. The molecule has 3 aromatic rings. The SMILES string of the molecule is CC(C)[C@H](NC(=O)[C@]1(NC(=O)CCCCCc2ccccc2)CCc2[nH]c3ccccc3c2C1)C(N)=O. The number of benzene rings is 2. The molecule has 0 saturated carbocycles. The van der Waals surface area contributed by atoms with E-state index in [9.17, 15) is 14.4 Å². The molecule has 1 aliphatic carbocycles. The summed E-state index contributed by atoms with van der Waals surface area (Å²) in [6.07, 6.45) is 5.48. The van der Waals surface area contributed by atoms with Crippen LogP contribution in [-0.2, 0) is 33.6 Å². The van der Waals surface area contributed by atoms with E-state index in [0.717, 1.165) is 47.8 Å². The van der Waals surface area contributed by atoms with Crippen molar-refractivity contribution in [2.45, 2.75) is 76.8 Å². The van der Waals surface area contributed by atoms with Crippen molar-refractivity contribution in [1.29, 1.82) is 0 Å². The van der Waals surface area contributed by atoms with E-state index >= 15 is 0 Å². The molecule has 0 bridgehead atoms. The number of H-pyrrole nitrogens is 1. The van der Waals surface area contributed by atoms with Gasteiger partial charge in [0.1, 0.15) is 11.6 Å². The number of nitrogens with two attached hydrogens (primary N) is 1. The molecule has 0 radical (unpaired) electrons. The highest BCUT2D eigenvalue weighted by Crippen LogP contribution is 2.34. The number of hydrogen-bond donors (Lipinski definition) is 4. The minimum Gasteiger partial charge on any atom is -0.368 e. The third-order valence-corrected chi connectivity index (χ3v) is 7.47. The zero-order chi connectivity index (χ0) is 26.4. The number of aryl methyl sites for hydroxylation is 2. The number of unbranched alkanes of at least 4 members (excludes halogenated alkanes) is 2. The second-order valence-corrected chi connectivity index (χ2v) is 10.6. The molecule has 4 rings (SSSR count). The van der Waals surface area contributed by atoms with Crippen LogP contribution in [0.15, 0.2) is 54.6 Å². The van der Waals surface area contributed by atoms with Gasteiger partial charge in [-0.25, -0.2) is 0 Å². The van der Waals surface area contributed by atoms with Crippen LogP contribution in [0.4, 0.5) is 0 Å². The molecule has 0 saturated heterocycles. The first-order chi connectivity index (χ1) is 17.8. The van der Waals surface area contributed by atoms with Crippen LogP contribution in [0.1, 0.15) is 62.8 Å². The topological polar surface area (TPSA) is 117 Å². The molecule has 3 amide bonds. The lowest BCUT2D eigenvalue weighted by molar-refractivity contribution is -0.136. The molecule has 5 N–H and O–H groups in total. The van der Waals surface area contributed by atoms with Gasteiger partial charge in [-0.1, -0.05) is 68.8 Å². The average molecular weight is 503 g/mol. The molecule has 1 aromatic heterocycles. The van der Waals surface area contributed by atoms with Gasteiger partial charge in [-0.05, 0) is 55.2 Å². The van der Waals surface area contributed by atoms with Crippen LogP contribution in [0.2, 0.25) is 0 Å². The Balaban J connectivity index is 1.47. The molecule has 2 aromatic carbocycles. The van der Waals surface area contributed by atoms with E-state index in [0.29, 0.717) is 25.7 Å². The maximum atomic E-state index is 13.7. The van der Waals surface area contributed by atoms with E-state index in [1.54, 1.807) is 0 Å². The summed E-state index contributed by atoms with van der Waals surface area (Å²) in [5.41, 5.74) is 8.90. The molecular formula is C30H38N4O3. The number of aromatic amines is 1. The number of carbonyl (C=O) groups is 3. The van der Waals surface area contributed by atoms with Crippen molar-refractivity contribution in [3.05, 3.63) is 71.4 Å². The Morgan fingerprint density at radius 1 is 1.00 bits per heavy atom. The summed E-state index contributed by atoms with van der Waals surface area (Å²) in [6, 6.07) is 17.5. The lowest BCUT2D eigenvalue weighted by atomic mass is 9.78. The Morgan fingerprint density at radius 3 is 2.46 bits per heavy atom. The maximum Gasteiger partial charge on any atom is 0.246 e. The fourth-order valence-corrected chi connectivity index (χ4v) is 5.37. The normalized spacial score (nSPS) is 17.8. The van der Waals surface area contributed by atoms with E-state index in [-0.39, 0.29) is 17.7 Å². The maximum absolute atomic E-state index is 13.7. The van der Waals surface area contributed by atoms with E-state index in [1.807, 2.05) is 56.3 Å². The van der Waals surface area contributed by atoms with Gasteiger partial charge < -0.3 is 21.4 Å². The number of primary amides is 1. The molecule has 0 fully saturated rings. The first-order valence-corrected chi connectivity index (χ1v) is 13.3. The highest BCUT2D eigenvalue weighted by atomic mass is 16.2. The molecule has 0 unspecified atom stereocenters. The van der Waals surface area contributed by atoms with Crippen molar-refractivity contribution in [2.24, 2.45) is 11.7 Å². The number of hydrogen-bond acceptors (Lipinski definition) is 3. The first-order valence-electron chi connectivity index (χ1n) is 13.3. The van der Waals surface area contributed by atoms with Crippen molar-refractivity contribution in [2.75, 3.05) is 0 Å². The smallest absolute Gasteiger partial charge is 0.246 e. The summed E-state index contributed by atoms with van der Waals surface area (Å²) in [5.74, 6) is -1.23. The van der Waals surface area contributed by atoms with Gasteiger partial charge in [-0.15, -0.1) is 0 Å². The second-order valence-electron chi connectivity index (χ2n) is 10.6. The fourth-order valence-electron chi connectivity index (χ4n) is 5.37. The van der Waals surface area contributed by atoms with Crippen molar-refractivity contribution in [3.63, 3.8) is 0 Å².